The van der Waals surface area contributed by atoms with Crippen LogP contribution in [-0.2, 0) is 4.79 Å². The Kier molecular flexibility index (Phi) is 4.91. The molecule has 0 saturated carbocycles. The molecule has 98 valence electrons. The minimum absolute atomic E-state index is 0.120. The van der Waals surface area contributed by atoms with Crippen LogP contribution in [0.2, 0.25) is 5.02 Å². The van der Waals surface area contributed by atoms with E-state index in [0.717, 1.165) is 0 Å². The molecule has 2 amide bonds. The number of aromatic nitrogens is 1. The molecule has 1 unspecified atom stereocenters. The number of halogens is 1. The van der Waals surface area contributed by atoms with Gasteiger partial charge in [0.05, 0.1) is 10.9 Å². The Bertz CT molecular complexity index is 436. The van der Waals surface area contributed by atoms with Crippen molar-refractivity contribution in [3.63, 3.8) is 0 Å². The van der Waals surface area contributed by atoms with Crippen molar-refractivity contribution >= 4 is 29.4 Å². The summed E-state index contributed by atoms with van der Waals surface area (Å²) in [5.41, 5.74) is 0. The molecular formula is C11H14ClN3O3. The van der Waals surface area contributed by atoms with Gasteiger partial charge in [-0.1, -0.05) is 18.5 Å². The average molecular weight is 272 g/mol. The van der Waals surface area contributed by atoms with E-state index in [2.05, 4.69) is 10.3 Å². The van der Waals surface area contributed by atoms with Gasteiger partial charge in [-0.25, -0.2) is 9.78 Å². The van der Waals surface area contributed by atoms with Crippen LogP contribution in [0.25, 0.3) is 0 Å². The fourth-order valence-corrected chi connectivity index (χ4v) is 1.34. The van der Waals surface area contributed by atoms with Gasteiger partial charge in [-0.2, -0.15) is 0 Å². The van der Waals surface area contributed by atoms with Gasteiger partial charge in [0.1, 0.15) is 5.82 Å². The molecule has 0 saturated heterocycles. The summed E-state index contributed by atoms with van der Waals surface area (Å²) in [5.74, 6) is -1.21. The number of nitrogens with zero attached hydrogens (tertiary/aromatic N) is 2. The summed E-state index contributed by atoms with van der Waals surface area (Å²) in [6.07, 6.45) is 1.41. The number of carboxylic acid groups (broad SMARTS) is 1. The minimum atomic E-state index is -0.945. The maximum atomic E-state index is 11.7. The van der Waals surface area contributed by atoms with Gasteiger partial charge in [0, 0.05) is 19.8 Å². The molecule has 0 aromatic carbocycles. The van der Waals surface area contributed by atoms with Crippen molar-refractivity contribution in [3.05, 3.63) is 23.4 Å². The second kappa shape index (κ2) is 6.20. The standard InChI is InChI=1S/C11H14ClN3O3/c1-7(10(16)17)6-15(2)11(18)14-9-4-3-8(12)5-13-9/h3-5,7H,6H2,1-2H3,(H,16,17)(H,13,14,18). The highest BCUT2D eigenvalue weighted by Crippen LogP contribution is 2.10. The Morgan fingerprint density at radius 2 is 2.22 bits per heavy atom. The molecule has 0 bridgehead atoms. The Labute approximate surface area is 110 Å². The van der Waals surface area contributed by atoms with Crippen molar-refractivity contribution in [3.8, 4) is 0 Å². The fraction of sp³-hybridized carbons (Fsp3) is 0.364. The van der Waals surface area contributed by atoms with E-state index in [0.29, 0.717) is 10.8 Å². The third kappa shape index (κ3) is 4.21. The minimum Gasteiger partial charge on any atom is -0.481 e. The molecule has 0 radical (unpaired) electrons. The van der Waals surface area contributed by atoms with Crippen molar-refractivity contribution in [1.82, 2.24) is 9.88 Å². The molecule has 18 heavy (non-hydrogen) atoms. The number of pyridine rings is 1. The lowest BCUT2D eigenvalue weighted by Gasteiger charge is -2.19. The highest BCUT2D eigenvalue weighted by molar-refractivity contribution is 6.30. The number of hydrogen-bond acceptors (Lipinski definition) is 3. The highest BCUT2D eigenvalue weighted by atomic mass is 35.5. The van der Waals surface area contributed by atoms with Gasteiger partial charge >= 0.3 is 12.0 Å². The number of aliphatic carboxylic acids is 1. The third-order valence-corrected chi connectivity index (χ3v) is 2.50. The number of anilines is 1. The first kappa shape index (κ1) is 14.2. The molecule has 0 fully saturated rings. The number of rotatable bonds is 4. The maximum absolute atomic E-state index is 11.7. The molecule has 0 aliphatic heterocycles. The number of hydrogen-bond donors (Lipinski definition) is 2. The topological polar surface area (TPSA) is 82.5 Å². The van der Waals surface area contributed by atoms with Gasteiger partial charge in [-0.15, -0.1) is 0 Å². The highest BCUT2D eigenvalue weighted by Gasteiger charge is 2.17. The average Bonchev–Trinajstić information content (AvgIpc) is 2.31. The Balaban J connectivity index is 2.54. The fourth-order valence-electron chi connectivity index (χ4n) is 1.23. The maximum Gasteiger partial charge on any atom is 0.322 e. The molecule has 1 rings (SSSR count). The van der Waals surface area contributed by atoms with Gasteiger partial charge in [0.2, 0.25) is 0 Å². The van der Waals surface area contributed by atoms with Crippen LogP contribution in [0.3, 0.4) is 0 Å². The summed E-state index contributed by atoms with van der Waals surface area (Å²) in [5, 5.41) is 11.8. The molecular weight excluding hydrogens is 258 g/mol. The van der Waals surface area contributed by atoms with Gasteiger partial charge < -0.3 is 10.0 Å². The molecule has 0 spiro atoms. The number of urea groups is 1. The molecule has 1 atom stereocenters. The predicted molar refractivity (Wildman–Crippen MR) is 67.7 cm³/mol. The molecule has 0 aliphatic carbocycles. The van der Waals surface area contributed by atoms with Crippen LogP contribution in [0.15, 0.2) is 18.3 Å². The van der Waals surface area contributed by atoms with Crippen LogP contribution in [0, 0.1) is 5.92 Å². The van der Waals surface area contributed by atoms with Crippen molar-refractivity contribution in [2.45, 2.75) is 6.92 Å². The zero-order valence-electron chi connectivity index (χ0n) is 10.1. The first-order valence-electron chi connectivity index (χ1n) is 5.26. The number of carbonyl (C=O) groups is 2. The number of carbonyl (C=O) groups excluding carboxylic acids is 1. The van der Waals surface area contributed by atoms with Crippen LogP contribution < -0.4 is 5.32 Å². The van der Waals surface area contributed by atoms with E-state index >= 15 is 0 Å². The molecule has 1 aromatic rings. The van der Waals surface area contributed by atoms with E-state index in [4.69, 9.17) is 16.7 Å². The lowest BCUT2D eigenvalue weighted by molar-refractivity contribution is -0.141. The van der Waals surface area contributed by atoms with Crippen molar-refractivity contribution in [1.29, 1.82) is 0 Å². The first-order valence-corrected chi connectivity index (χ1v) is 5.64. The van der Waals surface area contributed by atoms with E-state index < -0.39 is 17.9 Å². The first-order chi connectivity index (χ1) is 8.40. The lowest BCUT2D eigenvalue weighted by Crippen LogP contribution is -2.36. The Hall–Kier alpha value is -1.82. The molecule has 6 nitrogen and oxygen atoms in total. The number of nitrogens with one attached hydrogen (secondary N) is 1. The van der Waals surface area contributed by atoms with Gasteiger partial charge in [-0.05, 0) is 12.1 Å². The van der Waals surface area contributed by atoms with Crippen molar-refractivity contribution in [2.24, 2.45) is 5.92 Å². The molecule has 2 N–H and O–H groups in total. The van der Waals surface area contributed by atoms with Gasteiger partial charge in [-0.3, -0.25) is 10.1 Å². The lowest BCUT2D eigenvalue weighted by atomic mass is 10.2. The molecule has 1 heterocycles. The van der Waals surface area contributed by atoms with E-state index in [9.17, 15) is 9.59 Å². The summed E-state index contributed by atoms with van der Waals surface area (Å²) >= 11 is 5.66. The number of amides is 2. The summed E-state index contributed by atoms with van der Waals surface area (Å²) in [6.45, 7) is 1.65. The predicted octanol–water partition coefficient (Wildman–Crippen LogP) is 1.92. The van der Waals surface area contributed by atoms with E-state index in [-0.39, 0.29) is 6.54 Å². The summed E-state index contributed by atoms with van der Waals surface area (Å²) < 4.78 is 0. The largest absolute Gasteiger partial charge is 0.481 e. The monoisotopic (exact) mass is 271 g/mol. The summed E-state index contributed by atoms with van der Waals surface area (Å²) in [6, 6.07) is 2.75. The van der Waals surface area contributed by atoms with Crippen LogP contribution in [0.1, 0.15) is 6.92 Å². The van der Waals surface area contributed by atoms with Gasteiger partial charge in [0.15, 0.2) is 0 Å². The smallest absolute Gasteiger partial charge is 0.322 e. The van der Waals surface area contributed by atoms with Crippen molar-refractivity contribution in [2.75, 3.05) is 18.9 Å². The third-order valence-electron chi connectivity index (χ3n) is 2.28. The Morgan fingerprint density at radius 1 is 1.56 bits per heavy atom. The zero-order chi connectivity index (χ0) is 13.7. The van der Waals surface area contributed by atoms with E-state index in [1.807, 2.05) is 0 Å². The molecule has 7 heteroatoms. The zero-order valence-corrected chi connectivity index (χ0v) is 10.8. The van der Waals surface area contributed by atoms with Crippen LogP contribution in [0.5, 0.6) is 0 Å². The Morgan fingerprint density at radius 3 is 2.72 bits per heavy atom. The van der Waals surface area contributed by atoms with E-state index in [1.54, 1.807) is 12.1 Å². The van der Waals surface area contributed by atoms with Gasteiger partial charge in [0.25, 0.3) is 0 Å². The summed E-state index contributed by atoms with van der Waals surface area (Å²) in [4.78, 5) is 27.6. The normalized spacial score (nSPS) is 11.7. The van der Waals surface area contributed by atoms with Crippen LogP contribution in [-0.4, -0.2) is 40.6 Å². The molecule has 0 aliphatic rings. The van der Waals surface area contributed by atoms with Crippen LogP contribution >= 0.6 is 11.6 Å². The van der Waals surface area contributed by atoms with Crippen molar-refractivity contribution < 1.29 is 14.7 Å². The molecule has 1 aromatic heterocycles. The number of carboxylic acids is 1. The van der Waals surface area contributed by atoms with E-state index in [1.165, 1.54) is 25.1 Å². The second-order valence-corrected chi connectivity index (χ2v) is 4.35. The second-order valence-electron chi connectivity index (χ2n) is 3.91. The summed E-state index contributed by atoms with van der Waals surface area (Å²) in [7, 11) is 1.52. The SMILES string of the molecule is CC(CN(C)C(=O)Nc1ccc(Cl)cn1)C(=O)O. The van der Waals surface area contributed by atoms with Crippen LogP contribution in [0.4, 0.5) is 10.6 Å². The quantitative estimate of drug-likeness (QED) is 0.876.